The normalized spacial score (nSPS) is 17.3. The zero-order valence-corrected chi connectivity index (χ0v) is 23.8. The van der Waals surface area contributed by atoms with Crippen LogP contribution in [0.3, 0.4) is 0 Å². The molecule has 0 spiro atoms. The third-order valence-corrected chi connectivity index (χ3v) is 9.33. The molecule has 2 fully saturated rings. The lowest BCUT2D eigenvalue weighted by Gasteiger charge is -2.37. The van der Waals surface area contributed by atoms with Crippen molar-refractivity contribution in [1.82, 2.24) is 29.2 Å². The number of imidazole rings is 1. The zero-order chi connectivity index (χ0) is 27.9. The Balaban J connectivity index is 1.57. The number of nitrogens with zero attached hydrogens (tertiary/aromatic N) is 7. The van der Waals surface area contributed by atoms with Crippen molar-refractivity contribution in [3.05, 3.63) is 23.5 Å². The van der Waals surface area contributed by atoms with E-state index in [-0.39, 0.29) is 16.7 Å². The highest BCUT2D eigenvalue weighted by molar-refractivity contribution is 7.89. The van der Waals surface area contributed by atoms with Gasteiger partial charge in [-0.25, -0.2) is 13.4 Å². The number of rotatable bonds is 9. The maximum absolute atomic E-state index is 13.5. The minimum Gasteiger partial charge on any atom is -0.366 e. The van der Waals surface area contributed by atoms with E-state index >= 15 is 0 Å². The quantitative estimate of drug-likeness (QED) is 0.374. The number of carbonyl (C=O) groups excluding carboxylic acids is 1. The standard InChI is InChI=1S/C24H30N8O5S2/c1-15(2)22(33)31-9-7-30(8-10-31)17-11-16(39(34,35)29-24(14-25)5-6-24)13-32-18(17)12-26-19(32)20-27-28-21(38-20)23(36-3)37-4/h11-13,15,23,29H,5-10H2,1-4H3. The van der Waals surface area contributed by atoms with Crippen LogP contribution in [0.1, 0.15) is 38.0 Å². The molecule has 0 atom stereocenters. The first-order chi connectivity index (χ1) is 18.6. The lowest BCUT2D eigenvalue weighted by molar-refractivity contribution is -0.134. The first kappa shape index (κ1) is 27.4. The van der Waals surface area contributed by atoms with Crippen molar-refractivity contribution in [3.63, 3.8) is 0 Å². The number of nitrogens with one attached hydrogen (secondary N) is 1. The smallest absolute Gasteiger partial charge is 0.243 e. The highest BCUT2D eigenvalue weighted by Crippen LogP contribution is 2.37. The van der Waals surface area contributed by atoms with Crippen molar-refractivity contribution in [2.45, 2.75) is 43.4 Å². The van der Waals surface area contributed by atoms with Gasteiger partial charge in [-0.05, 0) is 18.9 Å². The predicted octanol–water partition coefficient (Wildman–Crippen LogP) is 1.78. The number of anilines is 1. The average molecular weight is 575 g/mol. The summed E-state index contributed by atoms with van der Waals surface area (Å²) in [6.07, 6.45) is 3.40. The first-order valence-electron chi connectivity index (χ1n) is 12.5. The van der Waals surface area contributed by atoms with Crippen molar-refractivity contribution in [1.29, 1.82) is 5.26 Å². The summed E-state index contributed by atoms with van der Waals surface area (Å²) in [5.74, 6) is 0.409. The number of ether oxygens (including phenoxy) is 2. The number of amides is 1. The van der Waals surface area contributed by atoms with Crippen LogP contribution < -0.4 is 9.62 Å². The van der Waals surface area contributed by atoms with Crippen molar-refractivity contribution >= 4 is 38.5 Å². The topological polar surface area (TPSA) is 155 Å². The molecule has 5 rings (SSSR count). The van der Waals surface area contributed by atoms with Gasteiger partial charge in [0, 0.05) is 52.5 Å². The molecule has 0 unspecified atom stereocenters. The summed E-state index contributed by atoms with van der Waals surface area (Å²) in [6, 6.07) is 3.68. The van der Waals surface area contributed by atoms with Crippen molar-refractivity contribution < 1.29 is 22.7 Å². The molecule has 1 amide bonds. The molecule has 1 saturated heterocycles. The van der Waals surface area contributed by atoms with E-state index in [0.29, 0.717) is 66.1 Å². The molecular formula is C24H30N8O5S2. The molecule has 15 heteroatoms. The Morgan fingerprint density at radius 1 is 1.18 bits per heavy atom. The van der Waals surface area contributed by atoms with Crippen LogP contribution in [-0.2, 0) is 24.3 Å². The van der Waals surface area contributed by atoms with Crippen LogP contribution in [0.2, 0.25) is 0 Å². The maximum atomic E-state index is 13.5. The number of pyridine rings is 1. The second-order valence-electron chi connectivity index (χ2n) is 9.91. The van der Waals surface area contributed by atoms with Gasteiger partial charge in [-0.2, -0.15) is 9.98 Å². The van der Waals surface area contributed by atoms with Crippen LogP contribution in [0.25, 0.3) is 16.3 Å². The van der Waals surface area contributed by atoms with Gasteiger partial charge in [0.25, 0.3) is 0 Å². The summed E-state index contributed by atoms with van der Waals surface area (Å²) in [5, 5.41) is 18.8. The van der Waals surface area contributed by atoms with Gasteiger partial charge in [-0.15, -0.1) is 10.2 Å². The Hall–Kier alpha value is -3.16. The molecular weight excluding hydrogens is 544 g/mol. The highest BCUT2D eigenvalue weighted by Gasteiger charge is 2.47. The number of piperazine rings is 1. The third kappa shape index (κ3) is 5.22. The lowest BCUT2D eigenvalue weighted by atomic mass is 10.1. The molecule has 1 N–H and O–H groups in total. The van der Waals surface area contributed by atoms with Crippen LogP contribution in [0.5, 0.6) is 0 Å². The van der Waals surface area contributed by atoms with E-state index in [9.17, 15) is 18.5 Å². The summed E-state index contributed by atoms with van der Waals surface area (Å²) in [5.41, 5.74) is 0.269. The van der Waals surface area contributed by atoms with Crippen LogP contribution in [0, 0.1) is 17.2 Å². The first-order valence-corrected chi connectivity index (χ1v) is 14.8. The number of carbonyl (C=O) groups is 1. The Kier molecular flexibility index (Phi) is 7.33. The van der Waals surface area contributed by atoms with E-state index < -0.39 is 21.9 Å². The average Bonchev–Trinajstić information content (AvgIpc) is 3.31. The monoisotopic (exact) mass is 574 g/mol. The number of aromatic nitrogens is 4. The molecule has 1 aliphatic carbocycles. The van der Waals surface area contributed by atoms with Crippen LogP contribution in [0.4, 0.5) is 5.69 Å². The number of hydrogen-bond acceptors (Lipinski definition) is 11. The summed E-state index contributed by atoms with van der Waals surface area (Å²) in [4.78, 5) is 21.0. The van der Waals surface area contributed by atoms with E-state index in [1.165, 1.54) is 31.8 Å². The SMILES string of the molecule is COC(OC)c1nnc(-c2ncc3c(N4CCN(C(=O)C(C)C)CC4)cc(S(=O)(=O)NC4(C#N)CC4)cn23)s1. The number of methoxy groups -OCH3 is 2. The Bertz CT molecular complexity index is 1530. The molecule has 3 aromatic heterocycles. The van der Waals surface area contributed by atoms with Gasteiger partial charge in [0.2, 0.25) is 22.2 Å². The van der Waals surface area contributed by atoms with Gasteiger partial charge in [0.1, 0.15) is 10.4 Å². The molecule has 1 aliphatic heterocycles. The van der Waals surface area contributed by atoms with Crippen molar-refractivity contribution in [2.75, 3.05) is 45.3 Å². The fourth-order valence-electron chi connectivity index (χ4n) is 4.54. The number of sulfonamides is 1. The molecule has 2 aliphatic rings. The minimum atomic E-state index is -4.03. The molecule has 3 aromatic rings. The summed E-state index contributed by atoms with van der Waals surface area (Å²) in [7, 11) is -1.04. The summed E-state index contributed by atoms with van der Waals surface area (Å²) < 4.78 is 41.7. The molecule has 39 heavy (non-hydrogen) atoms. The van der Waals surface area contributed by atoms with Gasteiger partial charge < -0.3 is 19.3 Å². The van der Waals surface area contributed by atoms with Crippen LogP contribution in [0.15, 0.2) is 23.4 Å². The van der Waals surface area contributed by atoms with Gasteiger partial charge in [0.15, 0.2) is 15.8 Å². The highest BCUT2D eigenvalue weighted by atomic mass is 32.2. The number of hydrogen-bond donors (Lipinski definition) is 1. The van der Waals surface area contributed by atoms with Crippen molar-refractivity contribution in [2.24, 2.45) is 5.92 Å². The van der Waals surface area contributed by atoms with E-state index in [4.69, 9.17) is 9.47 Å². The zero-order valence-electron chi connectivity index (χ0n) is 22.1. The molecule has 0 radical (unpaired) electrons. The van der Waals surface area contributed by atoms with E-state index in [1.54, 1.807) is 16.7 Å². The van der Waals surface area contributed by atoms with Crippen molar-refractivity contribution in [3.8, 4) is 16.9 Å². The Morgan fingerprint density at radius 2 is 1.87 bits per heavy atom. The van der Waals surface area contributed by atoms with Crippen LogP contribution in [-0.4, -0.2) is 84.7 Å². The summed E-state index contributed by atoms with van der Waals surface area (Å²) >= 11 is 1.23. The second kappa shape index (κ2) is 10.4. The maximum Gasteiger partial charge on any atom is 0.243 e. The fourth-order valence-corrected chi connectivity index (χ4v) is 6.83. The Labute approximate surface area is 230 Å². The number of fused-ring (bicyclic) bond motifs is 1. The van der Waals surface area contributed by atoms with E-state index in [2.05, 4.69) is 30.9 Å². The Morgan fingerprint density at radius 3 is 2.46 bits per heavy atom. The lowest BCUT2D eigenvalue weighted by Crippen LogP contribution is -2.50. The third-order valence-electron chi connectivity index (χ3n) is 6.89. The van der Waals surface area contributed by atoms with Gasteiger partial charge >= 0.3 is 0 Å². The molecule has 0 bridgehead atoms. The molecule has 208 valence electrons. The number of nitriles is 1. The molecule has 13 nitrogen and oxygen atoms in total. The second-order valence-corrected chi connectivity index (χ2v) is 12.6. The molecule has 0 aromatic carbocycles. The van der Waals surface area contributed by atoms with E-state index in [1.807, 2.05) is 18.7 Å². The molecule has 4 heterocycles. The minimum absolute atomic E-state index is 0.00265. The fraction of sp³-hybridized carbons (Fsp3) is 0.542. The summed E-state index contributed by atoms with van der Waals surface area (Å²) in [6.45, 7) is 5.85. The van der Waals surface area contributed by atoms with E-state index in [0.717, 1.165) is 0 Å². The van der Waals surface area contributed by atoms with Crippen LogP contribution >= 0.6 is 11.3 Å². The van der Waals surface area contributed by atoms with Gasteiger partial charge in [-0.3, -0.25) is 9.20 Å². The predicted molar refractivity (Wildman–Crippen MR) is 142 cm³/mol. The van der Waals surface area contributed by atoms with Gasteiger partial charge in [-0.1, -0.05) is 25.2 Å². The largest absolute Gasteiger partial charge is 0.366 e. The molecule has 1 saturated carbocycles. The van der Waals surface area contributed by atoms with Gasteiger partial charge in [0.05, 0.1) is 23.5 Å².